The van der Waals surface area contributed by atoms with Gasteiger partial charge < -0.3 is 10.6 Å². The highest BCUT2D eigenvalue weighted by Crippen LogP contribution is 2.40. The van der Waals surface area contributed by atoms with Gasteiger partial charge in [0.1, 0.15) is 5.01 Å². The fraction of sp³-hybridized carbons (Fsp3) is 0.412. The summed E-state index contributed by atoms with van der Waals surface area (Å²) in [4.78, 5) is 35.8. The maximum Gasteiger partial charge on any atom is 0.325 e. The van der Waals surface area contributed by atoms with Crippen LogP contribution in [0.3, 0.4) is 0 Å². The minimum Gasteiger partial charge on any atom is -0.319 e. The molecule has 2 aromatic heterocycles. The van der Waals surface area contributed by atoms with E-state index in [1.165, 1.54) is 16.2 Å². The van der Waals surface area contributed by atoms with E-state index in [4.69, 9.17) is 0 Å². The van der Waals surface area contributed by atoms with Crippen LogP contribution in [0.25, 0.3) is 0 Å². The van der Waals surface area contributed by atoms with Crippen LogP contribution in [0.4, 0.5) is 4.79 Å². The molecule has 2 fully saturated rings. The van der Waals surface area contributed by atoms with Gasteiger partial charge in [-0.3, -0.25) is 14.7 Å². The van der Waals surface area contributed by atoms with Crippen molar-refractivity contribution in [1.29, 1.82) is 0 Å². The lowest BCUT2D eigenvalue weighted by Gasteiger charge is -2.37. The predicted molar refractivity (Wildman–Crippen MR) is 92.7 cm³/mol. The molecule has 4 heterocycles. The molecule has 0 spiro atoms. The minimum absolute atomic E-state index is 0.0377. The van der Waals surface area contributed by atoms with Gasteiger partial charge in [-0.1, -0.05) is 6.07 Å². The van der Waals surface area contributed by atoms with Crippen LogP contribution in [0.15, 0.2) is 36.1 Å². The second-order valence-electron chi connectivity index (χ2n) is 6.32. The zero-order valence-corrected chi connectivity index (χ0v) is 14.5. The molecule has 1 unspecified atom stereocenters. The Balaban J connectivity index is 1.73. The molecule has 25 heavy (non-hydrogen) atoms. The maximum absolute atomic E-state index is 13.4. The summed E-state index contributed by atoms with van der Waals surface area (Å²) in [5, 5.41) is 8.92. The van der Waals surface area contributed by atoms with Crippen LogP contribution in [0.5, 0.6) is 0 Å². The highest BCUT2D eigenvalue weighted by molar-refractivity contribution is 7.09. The molecule has 1 atom stereocenters. The number of hydrogen-bond donors (Lipinski definition) is 2. The van der Waals surface area contributed by atoms with E-state index in [1.54, 1.807) is 24.7 Å². The van der Waals surface area contributed by atoms with Crippen LogP contribution in [-0.4, -0.2) is 39.9 Å². The van der Waals surface area contributed by atoms with Crippen molar-refractivity contribution in [2.45, 2.75) is 24.9 Å². The van der Waals surface area contributed by atoms with Gasteiger partial charge in [0.05, 0.1) is 6.54 Å². The Morgan fingerprint density at radius 2 is 2.12 bits per heavy atom. The fourth-order valence-corrected chi connectivity index (χ4v) is 4.37. The number of carbonyl (C=O) groups excluding carboxylic acids is 2. The largest absolute Gasteiger partial charge is 0.325 e. The number of pyridine rings is 1. The lowest BCUT2D eigenvalue weighted by molar-refractivity contribution is -0.134. The van der Waals surface area contributed by atoms with Crippen LogP contribution in [0.1, 0.15) is 23.4 Å². The third-order valence-electron chi connectivity index (χ3n) is 4.98. The van der Waals surface area contributed by atoms with Crippen molar-refractivity contribution in [2.24, 2.45) is 5.92 Å². The number of amides is 3. The van der Waals surface area contributed by atoms with E-state index in [0.717, 1.165) is 36.5 Å². The summed E-state index contributed by atoms with van der Waals surface area (Å²) in [5.74, 6) is -0.164. The molecule has 2 aliphatic rings. The highest BCUT2D eigenvalue weighted by atomic mass is 32.1. The molecule has 7 nitrogen and oxygen atoms in total. The normalized spacial score (nSPS) is 24.6. The first-order valence-corrected chi connectivity index (χ1v) is 9.23. The Morgan fingerprint density at radius 1 is 1.28 bits per heavy atom. The average Bonchev–Trinajstić information content (AvgIpc) is 3.26. The van der Waals surface area contributed by atoms with Crippen molar-refractivity contribution < 1.29 is 9.59 Å². The molecule has 0 radical (unpaired) electrons. The molecule has 2 N–H and O–H groups in total. The van der Waals surface area contributed by atoms with Gasteiger partial charge in [-0.25, -0.2) is 9.78 Å². The molecule has 3 amide bonds. The summed E-state index contributed by atoms with van der Waals surface area (Å²) < 4.78 is 0. The summed E-state index contributed by atoms with van der Waals surface area (Å²) >= 11 is 1.44. The average molecular weight is 357 g/mol. The summed E-state index contributed by atoms with van der Waals surface area (Å²) in [5.41, 5.74) is -0.285. The first-order valence-electron chi connectivity index (χ1n) is 8.35. The van der Waals surface area contributed by atoms with Gasteiger partial charge in [0.15, 0.2) is 5.54 Å². The van der Waals surface area contributed by atoms with E-state index in [9.17, 15) is 9.59 Å². The standard InChI is InChI=1S/C17H19N5O2S/c23-15-17(12-3-6-18-7-4-12,13-2-1-5-19-10-13)21-16(24)22(15)11-14-20-8-9-25-14/h1-2,5,8-10,12,18H,3-4,6-7,11H2,(H,21,24). The molecule has 0 saturated carbocycles. The lowest BCUT2D eigenvalue weighted by atomic mass is 9.74. The van der Waals surface area contributed by atoms with Crippen molar-refractivity contribution in [1.82, 2.24) is 25.5 Å². The molecule has 0 aliphatic carbocycles. The van der Waals surface area contributed by atoms with Crippen molar-refractivity contribution in [3.05, 3.63) is 46.7 Å². The maximum atomic E-state index is 13.4. The molecule has 0 bridgehead atoms. The summed E-state index contributed by atoms with van der Waals surface area (Å²) in [6, 6.07) is 3.32. The summed E-state index contributed by atoms with van der Waals surface area (Å²) in [6.45, 7) is 1.87. The molecule has 2 aliphatic heterocycles. The zero-order chi connectivity index (χ0) is 17.3. The van der Waals surface area contributed by atoms with Crippen LogP contribution in [0, 0.1) is 5.92 Å². The van der Waals surface area contributed by atoms with Crippen LogP contribution in [0.2, 0.25) is 0 Å². The van der Waals surface area contributed by atoms with Gasteiger partial charge in [-0.05, 0) is 37.9 Å². The fourth-order valence-electron chi connectivity index (χ4n) is 3.76. The number of thiazole rings is 1. The van der Waals surface area contributed by atoms with Gasteiger partial charge in [0.2, 0.25) is 0 Å². The molecule has 8 heteroatoms. The Hall–Kier alpha value is -2.32. The van der Waals surface area contributed by atoms with Gasteiger partial charge in [-0.15, -0.1) is 11.3 Å². The van der Waals surface area contributed by atoms with Crippen LogP contribution < -0.4 is 10.6 Å². The lowest BCUT2D eigenvalue weighted by Crippen LogP contribution is -2.53. The van der Waals surface area contributed by atoms with Crippen molar-refractivity contribution in [3.63, 3.8) is 0 Å². The number of rotatable bonds is 4. The van der Waals surface area contributed by atoms with E-state index in [1.807, 2.05) is 11.4 Å². The Kier molecular flexibility index (Phi) is 4.22. The second kappa shape index (κ2) is 6.53. The Labute approximate surface area is 149 Å². The van der Waals surface area contributed by atoms with Gasteiger partial charge in [0, 0.05) is 29.5 Å². The zero-order valence-electron chi connectivity index (χ0n) is 13.6. The highest BCUT2D eigenvalue weighted by Gasteiger charge is 2.57. The Bertz CT molecular complexity index is 761. The van der Waals surface area contributed by atoms with Crippen LogP contribution >= 0.6 is 11.3 Å². The monoisotopic (exact) mass is 357 g/mol. The molecule has 4 rings (SSSR count). The van der Waals surface area contributed by atoms with Gasteiger partial charge in [-0.2, -0.15) is 0 Å². The number of imide groups is 1. The number of aromatic nitrogens is 2. The van der Waals surface area contributed by atoms with E-state index in [0.29, 0.717) is 0 Å². The second-order valence-corrected chi connectivity index (χ2v) is 7.30. The van der Waals surface area contributed by atoms with Crippen LogP contribution in [-0.2, 0) is 16.9 Å². The number of nitrogens with one attached hydrogen (secondary N) is 2. The topological polar surface area (TPSA) is 87.2 Å². The van der Waals surface area contributed by atoms with E-state index >= 15 is 0 Å². The number of carbonyl (C=O) groups is 2. The van der Waals surface area contributed by atoms with Gasteiger partial charge in [0.25, 0.3) is 5.91 Å². The molecule has 130 valence electrons. The summed E-state index contributed by atoms with van der Waals surface area (Å²) in [7, 11) is 0. The molecule has 2 saturated heterocycles. The Morgan fingerprint density at radius 3 is 2.80 bits per heavy atom. The SMILES string of the molecule is O=C1NC(c2cccnc2)(C2CCNCC2)C(=O)N1Cc1nccs1. The molecular weight excluding hydrogens is 338 g/mol. The quantitative estimate of drug-likeness (QED) is 0.810. The molecular formula is C17H19N5O2S. The van der Waals surface area contributed by atoms with Crippen molar-refractivity contribution in [2.75, 3.05) is 13.1 Å². The first-order chi connectivity index (χ1) is 12.2. The van der Waals surface area contributed by atoms with E-state index in [-0.39, 0.29) is 24.4 Å². The molecule has 0 aromatic carbocycles. The number of nitrogens with zero attached hydrogens (tertiary/aromatic N) is 3. The van der Waals surface area contributed by atoms with E-state index in [2.05, 4.69) is 20.6 Å². The minimum atomic E-state index is -1.04. The number of piperidine rings is 1. The third kappa shape index (κ3) is 2.71. The number of urea groups is 1. The van der Waals surface area contributed by atoms with Crippen molar-refractivity contribution >= 4 is 23.3 Å². The summed E-state index contributed by atoms with van der Waals surface area (Å²) in [6.07, 6.45) is 6.69. The molecule has 2 aromatic rings. The smallest absolute Gasteiger partial charge is 0.319 e. The van der Waals surface area contributed by atoms with Gasteiger partial charge >= 0.3 is 6.03 Å². The van der Waals surface area contributed by atoms with E-state index < -0.39 is 5.54 Å². The number of hydrogen-bond acceptors (Lipinski definition) is 6. The predicted octanol–water partition coefficient (Wildman–Crippen LogP) is 1.48. The third-order valence-corrected chi connectivity index (χ3v) is 5.74. The first kappa shape index (κ1) is 16.2. The van der Waals surface area contributed by atoms with Crippen molar-refractivity contribution in [3.8, 4) is 0 Å².